The lowest BCUT2D eigenvalue weighted by molar-refractivity contribution is 0.311. The standard InChI is InChI=1S/C13H17NO3S/c15-18(16)7-1-2-12(18)9-17-11-3-4-13-10(8-11)5-6-14-13/h3-4,8,12,14H,1-2,5-7,9H2. The van der Waals surface area contributed by atoms with Crippen molar-refractivity contribution in [2.75, 3.05) is 24.2 Å². The molecule has 1 N–H and O–H groups in total. The highest BCUT2D eigenvalue weighted by Gasteiger charge is 2.31. The first-order chi connectivity index (χ1) is 8.65. The Morgan fingerprint density at radius 1 is 1.39 bits per heavy atom. The molecule has 0 saturated carbocycles. The number of benzene rings is 1. The number of sulfone groups is 1. The third-order valence-electron chi connectivity index (χ3n) is 3.69. The molecular formula is C13H17NO3S. The van der Waals surface area contributed by atoms with Gasteiger partial charge in [-0.15, -0.1) is 0 Å². The summed E-state index contributed by atoms with van der Waals surface area (Å²) in [7, 11) is -2.91. The van der Waals surface area contributed by atoms with Crippen LogP contribution in [0.25, 0.3) is 0 Å². The first kappa shape index (κ1) is 11.8. The molecule has 2 aliphatic heterocycles. The van der Waals surface area contributed by atoms with Crippen LogP contribution in [0, 0.1) is 0 Å². The zero-order chi connectivity index (χ0) is 12.6. The lowest BCUT2D eigenvalue weighted by Gasteiger charge is -2.12. The van der Waals surface area contributed by atoms with E-state index in [2.05, 4.69) is 5.32 Å². The zero-order valence-corrected chi connectivity index (χ0v) is 11.0. The van der Waals surface area contributed by atoms with E-state index in [1.54, 1.807) is 0 Å². The molecule has 5 heteroatoms. The third-order valence-corrected chi connectivity index (χ3v) is 5.93. The maximum absolute atomic E-state index is 11.7. The molecule has 0 aliphatic carbocycles. The second-order valence-electron chi connectivity index (χ2n) is 4.94. The number of nitrogens with one attached hydrogen (secondary N) is 1. The zero-order valence-electron chi connectivity index (χ0n) is 10.2. The highest BCUT2D eigenvalue weighted by atomic mass is 32.2. The van der Waals surface area contributed by atoms with Gasteiger partial charge >= 0.3 is 0 Å². The van der Waals surface area contributed by atoms with Crippen molar-refractivity contribution in [2.45, 2.75) is 24.5 Å². The Labute approximate surface area is 107 Å². The van der Waals surface area contributed by atoms with Crippen LogP contribution in [-0.4, -0.2) is 32.6 Å². The molecule has 4 nitrogen and oxygen atoms in total. The number of hydrogen-bond donors (Lipinski definition) is 1. The minimum atomic E-state index is -2.91. The smallest absolute Gasteiger partial charge is 0.156 e. The maximum Gasteiger partial charge on any atom is 0.156 e. The summed E-state index contributed by atoms with van der Waals surface area (Å²) in [5.41, 5.74) is 2.41. The van der Waals surface area contributed by atoms with Crippen LogP contribution in [-0.2, 0) is 16.3 Å². The van der Waals surface area contributed by atoms with Gasteiger partial charge in [0.2, 0.25) is 0 Å². The minimum Gasteiger partial charge on any atom is -0.492 e. The molecule has 2 aliphatic rings. The summed E-state index contributed by atoms with van der Waals surface area (Å²) in [6, 6.07) is 5.91. The lowest BCUT2D eigenvalue weighted by Crippen LogP contribution is -2.23. The molecule has 0 radical (unpaired) electrons. The van der Waals surface area contributed by atoms with E-state index in [0.29, 0.717) is 5.75 Å². The van der Waals surface area contributed by atoms with Gasteiger partial charge in [0.15, 0.2) is 9.84 Å². The van der Waals surface area contributed by atoms with E-state index in [4.69, 9.17) is 4.74 Å². The molecule has 0 amide bonds. The summed E-state index contributed by atoms with van der Waals surface area (Å²) >= 11 is 0. The fraction of sp³-hybridized carbons (Fsp3) is 0.538. The highest BCUT2D eigenvalue weighted by molar-refractivity contribution is 7.92. The molecular weight excluding hydrogens is 250 g/mol. The van der Waals surface area contributed by atoms with Crippen LogP contribution in [0.3, 0.4) is 0 Å². The van der Waals surface area contributed by atoms with Gasteiger partial charge in [0.05, 0.1) is 11.0 Å². The minimum absolute atomic E-state index is 0.286. The second kappa shape index (κ2) is 4.46. The largest absolute Gasteiger partial charge is 0.492 e. The van der Waals surface area contributed by atoms with Gasteiger partial charge in [-0.05, 0) is 43.0 Å². The van der Waals surface area contributed by atoms with Crippen LogP contribution in [0.5, 0.6) is 5.75 Å². The van der Waals surface area contributed by atoms with Crippen LogP contribution >= 0.6 is 0 Å². The van der Waals surface area contributed by atoms with E-state index in [9.17, 15) is 8.42 Å². The Bertz CT molecular complexity index is 553. The van der Waals surface area contributed by atoms with Gasteiger partial charge in [-0.1, -0.05) is 0 Å². The van der Waals surface area contributed by atoms with Crippen molar-refractivity contribution in [3.8, 4) is 5.75 Å². The molecule has 0 bridgehead atoms. The van der Waals surface area contributed by atoms with Crippen molar-refractivity contribution in [2.24, 2.45) is 0 Å². The molecule has 98 valence electrons. The van der Waals surface area contributed by atoms with Gasteiger partial charge < -0.3 is 10.1 Å². The van der Waals surface area contributed by atoms with Gasteiger partial charge in [0.1, 0.15) is 12.4 Å². The number of rotatable bonds is 3. The molecule has 1 aromatic rings. The van der Waals surface area contributed by atoms with Crippen LogP contribution in [0.4, 0.5) is 5.69 Å². The third kappa shape index (κ3) is 2.19. The van der Waals surface area contributed by atoms with E-state index in [1.165, 1.54) is 5.56 Å². The van der Waals surface area contributed by atoms with E-state index in [-0.39, 0.29) is 11.9 Å². The second-order valence-corrected chi connectivity index (χ2v) is 7.34. The summed E-state index contributed by atoms with van der Waals surface area (Å²) in [5, 5.41) is 2.97. The Balaban J connectivity index is 1.67. The van der Waals surface area contributed by atoms with Gasteiger partial charge in [-0.2, -0.15) is 0 Å². The van der Waals surface area contributed by atoms with E-state index in [1.807, 2.05) is 18.2 Å². The SMILES string of the molecule is O=S1(=O)CCCC1COc1ccc2c(c1)CCN2. The van der Waals surface area contributed by atoms with Crippen LogP contribution in [0.15, 0.2) is 18.2 Å². The number of ether oxygens (including phenoxy) is 1. The summed E-state index contributed by atoms with van der Waals surface area (Å²) in [6.45, 7) is 1.25. The molecule has 1 unspecified atom stereocenters. The molecule has 2 heterocycles. The van der Waals surface area contributed by atoms with Gasteiger partial charge in [0, 0.05) is 12.2 Å². The number of hydrogen-bond acceptors (Lipinski definition) is 4. The van der Waals surface area contributed by atoms with Crippen molar-refractivity contribution in [1.29, 1.82) is 0 Å². The Morgan fingerprint density at radius 3 is 3.06 bits per heavy atom. The normalized spacial score (nSPS) is 24.6. The predicted octanol–water partition coefficient (Wildman–Crippen LogP) is 1.61. The van der Waals surface area contributed by atoms with Crippen molar-refractivity contribution >= 4 is 15.5 Å². The molecule has 0 spiro atoms. The van der Waals surface area contributed by atoms with E-state index >= 15 is 0 Å². The molecule has 0 aromatic heterocycles. The topological polar surface area (TPSA) is 55.4 Å². The monoisotopic (exact) mass is 267 g/mol. The molecule has 1 saturated heterocycles. The summed E-state index contributed by atoms with van der Waals surface area (Å²) in [6.07, 6.45) is 2.51. The maximum atomic E-state index is 11.7. The number of anilines is 1. The van der Waals surface area contributed by atoms with E-state index in [0.717, 1.165) is 37.2 Å². The Kier molecular flexibility index (Phi) is 2.93. The average molecular weight is 267 g/mol. The van der Waals surface area contributed by atoms with Crippen molar-refractivity contribution < 1.29 is 13.2 Å². The summed E-state index contributed by atoms with van der Waals surface area (Å²) in [5.74, 6) is 1.09. The van der Waals surface area contributed by atoms with Crippen molar-refractivity contribution in [3.63, 3.8) is 0 Å². The van der Waals surface area contributed by atoms with Crippen LogP contribution in [0.2, 0.25) is 0 Å². The fourth-order valence-electron chi connectivity index (χ4n) is 2.61. The molecule has 1 aromatic carbocycles. The molecule has 3 rings (SSSR count). The molecule has 18 heavy (non-hydrogen) atoms. The predicted molar refractivity (Wildman–Crippen MR) is 70.9 cm³/mol. The molecule has 1 fully saturated rings. The average Bonchev–Trinajstić information content (AvgIpc) is 2.91. The van der Waals surface area contributed by atoms with E-state index < -0.39 is 9.84 Å². The van der Waals surface area contributed by atoms with Gasteiger partial charge in [0.25, 0.3) is 0 Å². The molecule has 1 atom stereocenters. The summed E-state index contributed by atoms with van der Waals surface area (Å²) in [4.78, 5) is 0. The van der Waals surface area contributed by atoms with Gasteiger partial charge in [-0.3, -0.25) is 0 Å². The lowest BCUT2D eigenvalue weighted by atomic mass is 10.1. The summed E-state index contributed by atoms with van der Waals surface area (Å²) < 4.78 is 29.0. The fourth-order valence-corrected chi connectivity index (χ4v) is 4.31. The Morgan fingerprint density at radius 2 is 2.28 bits per heavy atom. The first-order valence-electron chi connectivity index (χ1n) is 6.36. The van der Waals surface area contributed by atoms with Crippen molar-refractivity contribution in [3.05, 3.63) is 23.8 Å². The van der Waals surface area contributed by atoms with Crippen molar-refractivity contribution in [1.82, 2.24) is 0 Å². The number of fused-ring (bicyclic) bond motifs is 1. The van der Waals surface area contributed by atoms with Gasteiger partial charge in [-0.25, -0.2) is 8.42 Å². The van der Waals surface area contributed by atoms with Crippen LogP contribution in [0.1, 0.15) is 18.4 Å². The Hall–Kier alpha value is -1.23. The quantitative estimate of drug-likeness (QED) is 0.904. The van der Waals surface area contributed by atoms with Crippen LogP contribution < -0.4 is 10.1 Å². The first-order valence-corrected chi connectivity index (χ1v) is 8.08. The highest BCUT2D eigenvalue weighted by Crippen LogP contribution is 2.27.